The maximum Gasteiger partial charge on any atom is 0.319 e. The lowest BCUT2D eigenvalue weighted by Gasteiger charge is -2.33. The Balaban J connectivity index is 1.31. The SMILES string of the molecule is CCCC(=O)Oc1cc(CC(=O)N[C@@H](CCc2ccccc2)C(=O)N[C@H]2CC(C)N([C@@H](Cc3ccccc3)C(=O)N[C@@H](CC(C)C)C(=O)C3(C)CO3)C2=O)no1. The molecular formula is C42H53N5O9. The second-order valence-corrected chi connectivity index (χ2v) is 15.4. The molecule has 2 aliphatic rings. The Morgan fingerprint density at radius 2 is 1.62 bits per heavy atom. The third-order valence-corrected chi connectivity index (χ3v) is 10.0. The molecule has 0 aliphatic carbocycles. The topological polar surface area (TPSA) is 190 Å². The first kappa shape index (κ1) is 41.8. The van der Waals surface area contributed by atoms with Crippen molar-refractivity contribution in [1.82, 2.24) is 26.0 Å². The average Bonchev–Trinajstić information content (AvgIpc) is 3.67. The number of hydrogen-bond acceptors (Lipinski definition) is 10. The Labute approximate surface area is 327 Å². The minimum atomic E-state index is -1.02. The summed E-state index contributed by atoms with van der Waals surface area (Å²) in [5, 5.41) is 12.4. The lowest BCUT2D eigenvalue weighted by Crippen LogP contribution is -2.57. The van der Waals surface area contributed by atoms with Crippen molar-refractivity contribution in [2.45, 2.75) is 122 Å². The van der Waals surface area contributed by atoms with Crippen molar-refractivity contribution >= 4 is 35.4 Å². The van der Waals surface area contributed by atoms with Crippen molar-refractivity contribution in [2.75, 3.05) is 6.61 Å². The molecule has 2 aliphatic heterocycles. The highest BCUT2D eigenvalue weighted by molar-refractivity contribution is 5.99. The number of aryl methyl sites for hydroxylation is 1. The first-order valence-corrected chi connectivity index (χ1v) is 19.4. The Bertz CT molecular complexity index is 1840. The Morgan fingerprint density at radius 1 is 0.964 bits per heavy atom. The summed E-state index contributed by atoms with van der Waals surface area (Å²) >= 11 is 0. The van der Waals surface area contributed by atoms with Crippen molar-refractivity contribution in [3.63, 3.8) is 0 Å². The van der Waals surface area contributed by atoms with Gasteiger partial charge in [-0.3, -0.25) is 28.8 Å². The zero-order valence-electron chi connectivity index (χ0n) is 32.7. The van der Waals surface area contributed by atoms with Gasteiger partial charge in [-0.15, -0.1) is 0 Å². The van der Waals surface area contributed by atoms with E-state index in [1.54, 1.807) is 6.92 Å². The molecular weight excluding hydrogens is 718 g/mol. The van der Waals surface area contributed by atoms with E-state index in [9.17, 15) is 28.8 Å². The summed E-state index contributed by atoms with van der Waals surface area (Å²) in [6.45, 7) is 9.60. The molecule has 2 saturated heterocycles. The van der Waals surface area contributed by atoms with Crippen LogP contribution in [0.4, 0.5) is 0 Å². The van der Waals surface area contributed by atoms with Gasteiger partial charge < -0.3 is 34.8 Å². The molecule has 4 amide bonds. The van der Waals surface area contributed by atoms with Gasteiger partial charge in [0, 0.05) is 24.9 Å². The summed E-state index contributed by atoms with van der Waals surface area (Å²) in [6.07, 6.45) is 2.06. The highest BCUT2D eigenvalue weighted by atomic mass is 16.6. The van der Waals surface area contributed by atoms with E-state index >= 15 is 0 Å². The Kier molecular flexibility index (Phi) is 14.2. The van der Waals surface area contributed by atoms with E-state index in [1.807, 2.05) is 88.4 Å². The first-order chi connectivity index (χ1) is 26.8. The molecule has 3 aromatic rings. The molecule has 5 rings (SSSR count). The predicted octanol–water partition coefficient (Wildman–Crippen LogP) is 3.65. The van der Waals surface area contributed by atoms with Crippen LogP contribution in [-0.2, 0) is 52.8 Å². The number of Topliss-reactive ketones (excluding diaryl/α,β-unsaturated/α-hetero) is 1. The number of hydrogen-bond donors (Lipinski definition) is 3. The minimum absolute atomic E-state index is 0.102. The molecule has 0 saturated carbocycles. The largest absolute Gasteiger partial charge is 0.391 e. The number of rotatable bonds is 20. The van der Waals surface area contributed by atoms with E-state index in [0.29, 0.717) is 19.3 Å². The summed E-state index contributed by atoms with van der Waals surface area (Å²) < 4.78 is 15.6. The van der Waals surface area contributed by atoms with Gasteiger partial charge in [0.05, 0.1) is 24.8 Å². The summed E-state index contributed by atoms with van der Waals surface area (Å²) in [4.78, 5) is 82.4. The zero-order valence-corrected chi connectivity index (χ0v) is 32.7. The number of aromatic nitrogens is 1. The lowest BCUT2D eigenvalue weighted by molar-refractivity contribution is -0.142. The fraction of sp³-hybridized carbons (Fsp3) is 0.500. The zero-order chi connectivity index (χ0) is 40.4. The number of benzene rings is 2. The van der Waals surface area contributed by atoms with Crippen molar-refractivity contribution in [3.05, 3.63) is 83.6 Å². The molecule has 2 aromatic carbocycles. The normalized spacial score (nSPS) is 20.5. The van der Waals surface area contributed by atoms with E-state index in [4.69, 9.17) is 14.0 Å². The molecule has 6 atom stereocenters. The molecule has 3 heterocycles. The number of carbonyl (C=O) groups is 6. The fourth-order valence-corrected chi connectivity index (χ4v) is 6.98. The molecule has 3 N–H and O–H groups in total. The monoisotopic (exact) mass is 771 g/mol. The molecule has 56 heavy (non-hydrogen) atoms. The van der Waals surface area contributed by atoms with Gasteiger partial charge in [0.1, 0.15) is 23.7 Å². The molecule has 0 radical (unpaired) electrons. The minimum Gasteiger partial charge on any atom is -0.391 e. The van der Waals surface area contributed by atoms with Crippen molar-refractivity contribution < 1.29 is 42.8 Å². The number of ether oxygens (including phenoxy) is 2. The molecule has 2 fully saturated rings. The number of carbonyl (C=O) groups excluding carboxylic acids is 6. The first-order valence-electron chi connectivity index (χ1n) is 19.4. The number of nitrogens with zero attached hydrogens (tertiary/aromatic N) is 2. The average molecular weight is 772 g/mol. The van der Waals surface area contributed by atoms with Crippen LogP contribution in [0, 0.1) is 5.92 Å². The predicted molar refractivity (Wildman–Crippen MR) is 205 cm³/mol. The van der Waals surface area contributed by atoms with Crippen molar-refractivity contribution in [2.24, 2.45) is 5.92 Å². The van der Waals surface area contributed by atoms with Gasteiger partial charge >= 0.3 is 11.9 Å². The number of esters is 1. The van der Waals surface area contributed by atoms with Crippen LogP contribution in [0.15, 0.2) is 71.3 Å². The number of likely N-dealkylation sites (tertiary alicyclic amines) is 1. The quantitative estimate of drug-likeness (QED) is 0.113. The van der Waals surface area contributed by atoms with Crippen LogP contribution in [0.2, 0.25) is 0 Å². The van der Waals surface area contributed by atoms with Crippen molar-refractivity contribution in [1.29, 1.82) is 0 Å². The fourth-order valence-electron chi connectivity index (χ4n) is 6.98. The second-order valence-electron chi connectivity index (χ2n) is 15.4. The number of epoxide rings is 1. The van der Waals surface area contributed by atoms with E-state index in [0.717, 1.165) is 11.1 Å². The van der Waals surface area contributed by atoms with Crippen LogP contribution in [0.25, 0.3) is 0 Å². The van der Waals surface area contributed by atoms with Crippen molar-refractivity contribution in [3.8, 4) is 5.95 Å². The van der Waals surface area contributed by atoms with Gasteiger partial charge in [0.25, 0.3) is 0 Å². The van der Waals surface area contributed by atoms with Gasteiger partial charge in [-0.1, -0.05) is 86.6 Å². The standard InChI is InChI=1S/C42H53N5O9/c1-6-13-36(49)55-37-24-30(46-56-37)23-35(48)43-31(19-18-28-14-9-7-10-15-28)39(51)45-33-21-27(4)47(41(33)53)34(22-29-16-11-8-12-17-29)40(52)44-32(20-26(2)3)38(50)42(5)25-54-42/h7-12,14-17,24,26-27,31-34H,6,13,18-23,25H2,1-5H3,(H,43,48)(H,44,52)(H,45,51)/t27?,31-,32-,33-,34-,42?/m0/s1. The molecule has 14 heteroatoms. The molecule has 14 nitrogen and oxygen atoms in total. The molecule has 1 aromatic heterocycles. The van der Waals surface area contributed by atoms with E-state index in [2.05, 4.69) is 21.1 Å². The van der Waals surface area contributed by atoms with Gasteiger partial charge in [-0.25, -0.2) is 0 Å². The van der Waals surface area contributed by atoms with E-state index < -0.39 is 65.4 Å². The Morgan fingerprint density at radius 3 is 2.25 bits per heavy atom. The van der Waals surface area contributed by atoms with Gasteiger partial charge in [0.15, 0.2) is 5.78 Å². The van der Waals surface area contributed by atoms with Crippen LogP contribution >= 0.6 is 0 Å². The van der Waals surface area contributed by atoms with Crippen LogP contribution < -0.4 is 20.7 Å². The van der Waals surface area contributed by atoms with Crippen LogP contribution in [0.3, 0.4) is 0 Å². The Hall–Kier alpha value is -5.37. The third-order valence-electron chi connectivity index (χ3n) is 10.0. The summed E-state index contributed by atoms with van der Waals surface area (Å²) in [5.41, 5.74) is 1.05. The summed E-state index contributed by atoms with van der Waals surface area (Å²) in [7, 11) is 0. The smallest absolute Gasteiger partial charge is 0.319 e. The van der Waals surface area contributed by atoms with Crippen LogP contribution in [0.1, 0.15) is 83.5 Å². The van der Waals surface area contributed by atoms with Gasteiger partial charge in [-0.2, -0.15) is 0 Å². The third kappa shape index (κ3) is 11.3. The molecule has 0 spiro atoms. The highest BCUT2D eigenvalue weighted by Crippen LogP contribution is 2.30. The van der Waals surface area contributed by atoms with E-state index in [-0.39, 0.29) is 62.1 Å². The lowest BCUT2D eigenvalue weighted by atomic mass is 9.92. The number of ketones is 1. The summed E-state index contributed by atoms with van der Waals surface area (Å²) in [6, 6.07) is 16.0. The van der Waals surface area contributed by atoms with Gasteiger partial charge in [0.2, 0.25) is 23.6 Å². The second kappa shape index (κ2) is 19.0. The van der Waals surface area contributed by atoms with Crippen LogP contribution in [0.5, 0.6) is 5.95 Å². The number of amides is 4. The van der Waals surface area contributed by atoms with Gasteiger partial charge in [-0.05, 0) is 63.0 Å². The molecule has 2 unspecified atom stereocenters. The maximum atomic E-state index is 14.2. The number of nitrogens with one attached hydrogen (secondary N) is 3. The molecule has 300 valence electrons. The van der Waals surface area contributed by atoms with Crippen LogP contribution in [-0.4, -0.2) is 87.9 Å². The highest BCUT2D eigenvalue weighted by Gasteiger charge is 2.51. The van der Waals surface area contributed by atoms with E-state index in [1.165, 1.54) is 11.0 Å². The molecule has 0 bridgehead atoms. The summed E-state index contributed by atoms with van der Waals surface area (Å²) in [5.74, 6) is -2.70. The maximum absolute atomic E-state index is 14.2.